The number of rotatable bonds is 2. The zero-order chi connectivity index (χ0) is 10.7. The standard InChI is InChI=1S/C12H13N3/c1-9(2)11-7-14-12(15-8-11)10-4-3-5-13-6-10/h3-9H,1-2H3. The minimum atomic E-state index is 0.466. The van der Waals surface area contributed by atoms with Crippen LogP contribution in [-0.4, -0.2) is 15.0 Å². The molecule has 0 aliphatic rings. The van der Waals surface area contributed by atoms with E-state index in [4.69, 9.17) is 0 Å². The van der Waals surface area contributed by atoms with Crippen LogP contribution >= 0.6 is 0 Å². The van der Waals surface area contributed by atoms with E-state index in [1.165, 1.54) is 0 Å². The summed E-state index contributed by atoms with van der Waals surface area (Å²) < 4.78 is 0. The van der Waals surface area contributed by atoms with Gasteiger partial charge in [0.2, 0.25) is 0 Å². The Morgan fingerprint density at radius 3 is 2.33 bits per heavy atom. The summed E-state index contributed by atoms with van der Waals surface area (Å²) in [7, 11) is 0. The lowest BCUT2D eigenvalue weighted by Gasteiger charge is -2.04. The third-order valence-corrected chi connectivity index (χ3v) is 2.26. The van der Waals surface area contributed by atoms with Gasteiger partial charge in [0.05, 0.1) is 0 Å². The highest BCUT2D eigenvalue weighted by molar-refractivity contribution is 5.52. The second-order valence-corrected chi connectivity index (χ2v) is 3.74. The molecule has 0 bridgehead atoms. The molecule has 0 aliphatic heterocycles. The van der Waals surface area contributed by atoms with E-state index in [2.05, 4.69) is 28.8 Å². The summed E-state index contributed by atoms with van der Waals surface area (Å²) in [5, 5.41) is 0. The van der Waals surface area contributed by atoms with Gasteiger partial charge in [0.1, 0.15) is 0 Å². The molecule has 0 spiro atoms. The first kappa shape index (κ1) is 9.77. The van der Waals surface area contributed by atoms with Crippen LogP contribution in [0.1, 0.15) is 25.3 Å². The molecule has 0 fully saturated rings. The van der Waals surface area contributed by atoms with E-state index in [-0.39, 0.29) is 0 Å². The Bertz CT molecular complexity index is 420. The summed E-state index contributed by atoms with van der Waals surface area (Å²) in [4.78, 5) is 12.7. The first-order valence-electron chi connectivity index (χ1n) is 4.99. The largest absolute Gasteiger partial charge is 0.264 e. The van der Waals surface area contributed by atoms with Crippen molar-refractivity contribution in [3.63, 3.8) is 0 Å². The Hall–Kier alpha value is -1.77. The lowest BCUT2D eigenvalue weighted by molar-refractivity contribution is 0.847. The van der Waals surface area contributed by atoms with Crippen LogP contribution in [-0.2, 0) is 0 Å². The number of aromatic nitrogens is 3. The highest BCUT2D eigenvalue weighted by atomic mass is 14.9. The molecule has 2 aromatic heterocycles. The molecule has 0 atom stereocenters. The van der Waals surface area contributed by atoms with Gasteiger partial charge in [-0.3, -0.25) is 4.98 Å². The van der Waals surface area contributed by atoms with Gasteiger partial charge >= 0.3 is 0 Å². The van der Waals surface area contributed by atoms with Crippen LogP contribution in [0.3, 0.4) is 0 Å². The van der Waals surface area contributed by atoms with Crippen molar-refractivity contribution < 1.29 is 0 Å². The predicted octanol–water partition coefficient (Wildman–Crippen LogP) is 2.66. The smallest absolute Gasteiger partial charge is 0.160 e. The molecular formula is C12H13N3. The molecule has 0 saturated heterocycles. The molecule has 0 aromatic carbocycles. The molecule has 2 rings (SSSR count). The average molecular weight is 199 g/mol. The second-order valence-electron chi connectivity index (χ2n) is 3.74. The molecule has 3 heteroatoms. The first-order chi connectivity index (χ1) is 7.27. The average Bonchev–Trinajstić information content (AvgIpc) is 2.30. The Kier molecular flexibility index (Phi) is 2.72. The van der Waals surface area contributed by atoms with Crippen molar-refractivity contribution in [3.8, 4) is 11.4 Å². The fraction of sp³-hybridized carbons (Fsp3) is 0.250. The number of pyridine rings is 1. The highest BCUT2D eigenvalue weighted by Crippen LogP contribution is 2.15. The van der Waals surface area contributed by atoms with Crippen LogP contribution in [0.5, 0.6) is 0 Å². The summed E-state index contributed by atoms with van der Waals surface area (Å²) in [6, 6.07) is 3.84. The Morgan fingerprint density at radius 1 is 1.07 bits per heavy atom. The van der Waals surface area contributed by atoms with Gasteiger partial charge < -0.3 is 0 Å². The maximum absolute atomic E-state index is 4.32. The maximum Gasteiger partial charge on any atom is 0.160 e. The van der Waals surface area contributed by atoms with Gasteiger partial charge in [-0.05, 0) is 23.6 Å². The number of nitrogens with zero attached hydrogens (tertiary/aromatic N) is 3. The molecule has 0 radical (unpaired) electrons. The third-order valence-electron chi connectivity index (χ3n) is 2.26. The van der Waals surface area contributed by atoms with Gasteiger partial charge in [0.15, 0.2) is 5.82 Å². The summed E-state index contributed by atoms with van der Waals surface area (Å²) >= 11 is 0. The van der Waals surface area contributed by atoms with Gasteiger partial charge in [-0.1, -0.05) is 13.8 Å². The number of hydrogen-bond donors (Lipinski definition) is 0. The van der Waals surface area contributed by atoms with Crippen LogP contribution in [0.2, 0.25) is 0 Å². The molecule has 0 amide bonds. The molecular weight excluding hydrogens is 186 g/mol. The molecule has 0 N–H and O–H groups in total. The van der Waals surface area contributed by atoms with E-state index >= 15 is 0 Å². The van der Waals surface area contributed by atoms with E-state index in [9.17, 15) is 0 Å². The second kappa shape index (κ2) is 4.17. The van der Waals surface area contributed by atoms with Crippen LogP contribution in [0, 0.1) is 0 Å². The molecule has 2 aromatic rings. The van der Waals surface area contributed by atoms with Crippen LogP contribution in [0.15, 0.2) is 36.9 Å². The predicted molar refractivity (Wildman–Crippen MR) is 59.4 cm³/mol. The van der Waals surface area contributed by atoms with E-state index in [0.717, 1.165) is 17.0 Å². The summed E-state index contributed by atoms with van der Waals surface area (Å²) in [6.45, 7) is 4.25. The topological polar surface area (TPSA) is 38.7 Å². The zero-order valence-electron chi connectivity index (χ0n) is 8.88. The Balaban J connectivity index is 2.32. The summed E-state index contributed by atoms with van der Waals surface area (Å²) in [6.07, 6.45) is 7.26. The summed E-state index contributed by atoms with van der Waals surface area (Å²) in [5.74, 6) is 1.19. The van der Waals surface area contributed by atoms with Gasteiger partial charge in [-0.2, -0.15) is 0 Å². The lowest BCUT2D eigenvalue weighted by Crippen LogP contribution is -1.94. The SMILES string of the molecule is CC(C)c1cnc(-c2cccnc2)nc1. The van der Waals surface area contributed by atoms with Gasteiger partial charge in [0, 0.05) is 30.4 Å². The quantitative estimate of drug-likeness (QED) is 0.746. The fourth-order valence-corrected chi connectivity index (χ4v) is 1.28. The van der Waals surface area contributed by atoms with Crippen molar-refractivity contribution in [2.75, 3.05) is 0 Å². The monoisotopic (exact) mass is 199 g/mol. The summed E-state index contributed by atoms with van der Waals surface area (Å²) in [5.41, 5.74) is 2.11. The van der Waals surface area contributed by atoms with Crippen molar-refractivity contribution in [2.45, 2.75) is 19.8 Å². The zero-order valence-corrected chi connectivity index (χ0v) is 8.88. The van der Waals surface area contributed by atoms with Crippen molar-refractivity contribution in [3.05, 3.63) is 42.5 Å². The van der Waals surface area contributed by atoms with Crippen molar-refractivity contribution >= 4 is 0 Å². The van der Waals surface area contributed by atoms with Crippen LogP contribution in [0.4, 0.5) is 0 Å². The van der Waals surface area contributed by atoms with Crippen LogP contribution in [0.25, 0.3) is 11.4 Å². The van der Waals surface area contributed by atoms with Crippen LogP contribution < -0.4 is 0 Å². The first-order valence-corrected chi connectivity index (χ1v) is 4.99. The minimum Gasteiger partial charge on any atom is -0.264 e. The molecule has 0 unspecified atom stereocenters. The van der Waals surface area contributed by atoms with Crippen molar-refractivity contribution in [1.29, 1.82) is 0 Å². The molecule has 3 nitrogen and oxygen atoms in total. The molecule has 15 heavy (non-hydrogen) atoms. The van der Waals surface area contributed by atoms with Gasteiger partial charge in [-0.25, -0.2) is 9.97 Å². The molecule has 76 valence electrons. The fourth-order valence-electron chi connectivity index (χ4n) is 1.28. The van der Waals surface area contributed by atoms with E-state index < -0.39 is 0 Å². The van der Waals surface area contributed by atoms with Crippen molar-refractivity contribution in [1.82, 2.24) is 15.0 Å². The van der Waals surface area contributed by atoms with Crippen molar-refractivity contribution in [2.24, 2.45) is 0 Å². The molecule has 2 heterocycles. The maximum atomic E-state index is 4.32. The van der Waals surface area contributed by atoms with E-state index in [1.807, 2.05) is 24.5 Å². The third kappa shape index (κ3) is 2.18. The highest BCUT2D eigenvalue weighted by Gasteiger charge is 2.03. The van der Waals surface area contributed by atoms with Gasteiger partial charge in [-0.15, -0.1) is 0 Å². The normalized spacial score (nSPS) is 10.6. The van der Waals surface area contributed by atoms with Gasteiger partial charge in [0.25, 0.3) is 0 Å². The van der Waals surface area contributed by atoms with E-state index in [0.29, 0.717) is 5.92 Å². The molecule has 0 saturated carbocycles. The molecule has 0 aliphatic carbocycles. The minimum absolute atomic E-state index is 0.466. The van der Waals surface area contributed by atoms with E-state index in [1.54, 1.807) is 12.4 Å². The Labute approximate surface area is 89.2 Å². The number of hydrogen-bond acceptors (Lipinski definition) is 3. The Morgan fingerprint density at radius 2 is 1.80 bits per heavy atom. The lowest BCUT2D eigenvalue weighted by atomic mass is 10.1.